The van der Waals surface area contributed by atoms with Gasteiger partial charge in [0.1, 0.15) is 13.2 Å². The van der Waals surface area contributed by atoms with Gasteiger partial charge in [-0.25, -0.2) is 8.78 Å². The minimum Gasteiger partial charge on any atom is -0.486 e. The van der Waals surface area contributed by atoms with Crippen molar-refractivity contribution in [2.75, 3.05) is 13.2 Å². The van der Waals surface area contributed by atoms with Crippen LogP contribution in [0.2, 0.25) is 0 Å². The number of hydrogen-bond donors (Lipinski definition) is 0. The predicted octanol–water partition coefficient (Wildman–Crippen LogP) is 3.16. The van der Waals surface area contributed by atoms with E-state index in [-0.39, 0.29) is 5.56 Å². The highest BCUT2D eigenvalue weighted by molar-refractivity contribution is 9.10. The number of ether oxygens (including phenoxy) is 2. The Morgan fingerprint density at radius 2 is 1.71 bits per heavy atom. The van der Waals surface area contributed by atoms with E-state index in [4.69, 9.17) is 9.47 Å². The Morgan fingerprint density at radius 1 is 1.14 bits per heavy atom. The smallest absolute Gasteiger partial charge is 0.265 e. The second kappa shape index (κ2) is 3.73. The van der Waals surface area contributed by atoms with Crippen molar-refractivity contribution >= 4 is 15.9 Å². The largest absolute Gasteiger partial charge is 0.486 e. The molecule has 0 atom stereocenters. The van der Waals surface area contributed by atoms with Gasteiger partial charge >= 0.3 is 0 Å². The van der Waals surface area contributed by atoms with Crippen LogP contribution in [0.25, 0.3) is 0 Å². The van der Waals surface area contributed by atoms with E-state index in [1.165, 1.54) is 12.1 Å². The molecule has 0 aromatic heterocycles. The second-order valence-corrected chi connectivity index (χ2v) is 3.67. The molecule has 0 bridgehead atoms. The third-order valence-electron chi connectivity index (χ3n) is 1.90. The van der Waals surface area contributed by atoms with Gasteiger partial charge in [0.25, 0.3) is 6.43 Å². The van der Waals surface area contributed by atoms with Crippen LogP contribution in [-0.4, -0.2) is 13.2 Å². The molecular weight excluding hydrogens is 258 g/mol. The van der Waals surface area contributed by atoms with Gasteiger partial charge in [0.2, 0.25) is 0 Å². The first-order valence-corrected chi connectivity index (χ1v) is 4.85. The first-order valence-electron chi connectivity index (χ1n) is 4.05. The molecule has 1 aliphatic heterocycles. The van der Waals surface area contributed by atoms with E-state index in [0.29, 0.717) is 29.2 Å². The molecule has 0 saturated heterocycles. The molecule has 0 amide bonds. The Hall–Kier alpha value is -0.840. The highest BCUT2D eigenvalue weighted by atomic mass is 79.9. The molecule has 1 heterocycles. The Kier molecular flexibility index (Phi) is 2.58. The monoisotopic (exact) mass is 264 g/mol. The van der Waals surface area contributed by atoms with Gasteiger partial charge < -0.3 is 9.47 Å². The lowest BCUT2D eigenvalue weighted by Gasteiger charge is -2.19. The van der Waals surface area contributed by atoms with Crippen molar-refractivity contribution in [3.8, 4) is 11.5 Å². The molecular formula is C9H7BrF2O2. The molecule has 0 unspecified atom stereocenters. The maximum atomic E-state index is 12.5. The molecule has 0 fully saturated rings. The van der Waals surface area contributed by atoms with Gasteiger partial charge in [0.15, 0.2) is 11.5 Å². The number of alkyl halides is 2. The van der Waals surface area contributed by atoms with Crippen LogP contribution in [0.3, 0.4) is 0 Å². The Morgan fingerprint density at radius 3 is 2.29 bits per heavy atom. The van der Waals surface area contributed by atoms with Crippen LogP contribution < -0.4 is 9.47 Å². The van der Waals surface area contributed by atoms with E-state index < -0.39 is 6.43 Å². The fraction of sp³-hybridized carbons (Fsp3) is 0.333. The first-order chi connectivity index (χ1) is 6.68. The minimum absolute atomic E-state index is 0.0748. The maximum absolute atomic E-state index is 12.5. The van der Waals surface area contributed by atoms with Crippen LogP contribution >= 0.6 is 15.9 Å². The first kappa shape index (κ1) is 9.71. The van der Waals surface area contributed by atoms with Crippen LogP contribution in [0.5, 0.6) is 11.5 Å². The molecule has 1 aliphatic rings. The highest BCUT2D eigenvalue weighted by Crippen LogP contribution is 2.38. The lowest BCUT2D eigenvalue weighted by Crippen LogP contribution is -2.15. The normalized spacial score (nSPS) is 14.6. The van der Waals surface area contributed by atoms with Crippen LogP contribution in [0.1, 0.15) is 12.0 Å². The zero-order chi connectivity index (χ0) is 10.1. The molecule has 1 aromatic rings. The number of benzene rings is 1. The molecule has 0 saturated carbocycles. The molecule has 14 heavy (non-hydrogen) atoms. The van der Waals surface area contributed by atoms with Crippen molar-refractivity contribution in [1.82, 2.24) is 0 Å². The van der Waals surface area contributed by atoms with E-state index in [1.54, 1.807) is 0 Å². The summed E-state index contributed by atoms with van der Waals surface area (Å²) in [5, 5.41) is 0. The molecule has 76 valence electrons. The van der Waals surface area contributed by atoms with E-state index in [1.807, 2.05) is 0 Å². The Bertz CT molecular complexity index is 355. The highest BCUT2D eigenvalue weighted by Gasteiger charge is 2.19. The van der Waals surface area contributed by atoms with E-state index >= 15 is 0 Å². The van der Waals surface area contributed by atoms with Crippen LogP contribution in [0, 0.1) is 0 Å². The average molecular weight is 265 g/mol. The van der Waals surface area contributed by atoms with E-state index in [2.05, 4.69) is 15.9 Å². The minimum atomic E-state index is -2.51. The van der Waals surface area contributed by atoms with Gasteiger partial charge in [-0.15, -0.1) is 0 Å². The summed E-state index contributed by atoms with van der Waals surface area (Å²) in [7, 11) is 0. The van der Waals surface area contributed by atoms with E-state index in [9.17, 15) is 8.78 Å². The topological polar surface area (TPSA) is 18.5 Å². The summed E-state index contributed by atoms with van der Waals surface area (Å²) < 4.78 is 35.7. The molecule has 0 aliphatic carbocycles. The summed E-state index contributed by atoms with van der Waals surface area (Å²) in [6.07, 6.45) is -2.51. The summed E-state index contributed by atoms with van der Waals surface area (Å²) in [5.41, 5.74) is -0.0748. The standard InChI is InChI=1S/C9H7BrF2O2/c10-6-4-8-7(13-1-2-14-8)3-5(6)9(11)12/h3-4,9H,1-2H2. The summed E-state index contributed by atoms with van der Waals surface area (Å²) in [6.45, 7) is 0.852. The molecule has 0 radical (unpaired) electrons. The van der Waals surface area contributed by atoms with Gasteiger partial charge in [-0.2, -0.15) is 0 Å². The van der Waals surface area contributed by atoms with Crippen LogP contribution in [0.4, 0.5) is 8.78 Å². The third-order valence-corrected chi connectivity index (χ3v) is 2.58. The van der Waals surface area contributed by atoms with Crippen molar-refractivity contribution < 1.29 is 18.3 Å². The van der Waals surface area contributed by atoms with Crippen molar-refractivity contribution in [1.29, 1.82) is 0 Å². The zero-order valence-electron chi connectivity index (χ0n) is 7.10. The number of fused-ring (bicyclic) bond motifs is 1. The summed E-state index contributed by atoms with van der Waals surface area (Å²) in [4.78, 5) is 0. The molecule has 5 heteroatoms. The van der Waals surface area contributed by atoms with Crippen LogP contribution in [-0.2, 0) is 0 Å². The summed E-state index contributed by atoms with van der Waals surface area (Å²) >= 11 is 3.06. The Balaban J connectivity index is 2.45. The fourth-order valence-electron chi connectivity index (χ4n) is 1.25. The van der Waals surface area contributed by atoms with Crippen molar-refractivity contribution in [2.24, 2.45) is 0 Å². The summed E-state index contributed by atoms with van der Waals surface area (Å²) in [6, 6.07) is 2.82. The summed E-state index contributed by atoms with van der Waals surface area (Å²) in [5.74, 6) is 0.891. The van der Waals surface area contributed by atoms with Gasteiger partial charge in [-0.05, 0) is 12.1 Å². The lowest BCUT2D eigenvalue weighted by molar-refractivity contribution is 0.146. The molecule has 0 N–H and O–H groups in total. The predicted molar refractivity (Wildman–Crippen MR) is 50.1 cm³/mol. The molecule has 2 rings (SSSR count). The SMILES string of the molecule is FC(F)c1cc2c(cc1Br)OCCO2. The van der Waals surface area contributed by atoms with Gasteiger partial charge in [0.05, 0.1) is 0 Å². The molecule has 1 aromatic carbocycles. The molecule has 2 nitrogen and oxygen atoms in total. The second-order valence-electron chi connectivity index (χ2n) is 2.82. The van der Waals surface area contributed by atoms with Gasteiger partial charge in [-0.1, -0.05) is 15.9 Å². The Labute approximate surface area is 87.9 Å². The zero-order valence-corrected chi connectivity index (χ0v) is 8.68. The maximum Gasteiger partial charge on any atom is 0.265 e. The van der Waals surface area contributed by atoms with E-state index in [0.717, 1.165) is 0 Å². The van der Waals surface area contributed by atoms with Crippen molar-refractivity contribution in [2.45, 2.75) is 6.43 Å². The van der Waals surface area contributed by atoms with Crippen molar-refractivity contribution in [3.63, 3.8) is 0 Å². The third kappa shape index (κ3) is 1.68. The fourth-order valence-corrected chi connectivity index (χ4v) is 1.74. The van der Waals surface area contributed by atoms with Gasteiger partial charge in [-0.3, -0.25) is 0 Å². The number of hydrogen-bond acceptors (Lipinski definition) is 2. The number of rotatable bonds is 1. The quantitative estimate of drug-likeness (QED) is 0.776. The molecule has 0 spiro atoms. The van der Waals surface area contributed by atoms with Gasteiger partial charge in [0, 0.05) is 10.0 Å². The number of halogens is 3. The average Bonchev–Trinajstić information content (AvgIpc) is 2.16. The van der Waals surface area contributed by atoms with Crippen LogP contribution in [0.15, 0.2) is 16.6 Å². The lowest BCUT2D eigenvalue weighted by atomic mass is 10.2. The van der Waals surface area contributed by atoms with Crippen molar-refractivity contribution in [3.05, 3.63) is 22.2 Å².